The molecule has 1 heterocycles. The van der Waals surface area contributed by atoms with Gasteiger partial charge >= 0.3 is 0 Å². The highest BCUT2D eigenvalue weighted by Crippen LogP contribution is 2.22. The standard InChI is InChI=1S/C20H25BrN4O.HI/c1-2-22-20(23-13-15-4-3-5-19(26)12-15)24-17-10-11-25(14-17)18-8-6-16(21)7-9-18;/h3-9,12,17,26H,2,10-11,13-14H2,1H3,(H2,22,23,24);1H. The third-order valence-corrected chi connectivity index (χ3v) is 4.92. The molecule has 1 unspecified atom stereocenters. The number of rotatable bonds is 5. The molecule has 1 aliphatic rings. The molecule has 0 saturated carbocycles. The quantitative estimate of drug-likeness (QED) is 0.301. The molecule has 0 bridgehead atoms. The van der Waals surface area contributed by atoms with E-state index in [4.69, 9.17) is 0 Å². The zero-order chi connectivity index (χ0) is 18.4. The van der Waals surface area contributed by atoms with E-state index in [1.54, 1.807) is 12.1 Å². The molecule has 1 saturated heterocycles. The molecule has 0 spiro atoms. The van der Waals surface area contributed by atoms with E-state index in [0.717, 1.165) is 42.1 Å². The Bertz CT molecular complexity index is 754. The molecule has 7 heteroatoms. The van der Waals surface area contributed by atoms with E-state index >= 15 is 0 Å². The number of hydrogen-bond donors (Lipinski definition) is 3. The second-order valence-corrected chi connectivity index (χ2v) is 7.33. The van der Waals surface area contributed by atoms with Crippen LogP contribution in [0, 0.1) is 0 Å². The molecule has 0 radical (unpaired) electrons. The SMILES string of the molecule is CCNC(=NCc1cccc(O)c1)NC1CCN(c2ccc(Br)cc2)C1.I. The van der Waals surface area contributed by atoms with Crippen LogP contribution >= 0.6 is 39.9 Å². The van der Waals surface area contributed by atoms with Crippen LogP contribution in [0.5, 0.6) is 5.75 Å². The van der Waals surface area contributed by atoms with E-state index in [1.807, 2.05) is 12.1 Å². The summed E-state index contributed by atoms with van der Waals surface area (Å²) in [6.07, 6.45) is 1.08. The second-order valence-electron chi connectivity index (χ2n) is 6.42. The molecule has 2 aromatic carbocycles. The predicted molar refractivity (Wildman–Crippen MR) is 126 cm³/mol. The van der Waals surface area contributed by atoms with Crippen molar-refractivity contribution < 1.29 is 5.11 Å². The highest BCUT2D eigenvalue weighted by Gasteiger charge is 2.23. The maximum Gasteiger partial charge on any atom is 0.191 e. The van der Waals surface area contributed by atoms with Crippen LogP contribution in [0.2, 0.25) is 0 Å². The number of aliphatic imine (C=N–C) groups is 1. The molecule has 2 aromatic rings. The Morgan fingerprint density at radius 1 is 1.26 bits per heavy atom. The van der Waals surface area contributed by atoms with Crippen molar-refractivity contribution >= 4 is 51.6 Å². The van der Waals surface area contributed by atoms with Crippen LogP contribution < -0.4 is 15.5 Å². The van der Waals surface area contributed by atoms with E-state index in [2.05, 4.69) is 67.6 Å². The Morgan fingerprint density at radius 2 is 2.04 bits per heavy atom. The molecule has 146 valence electrons. The van der Waals surface area contributed by atoms with Crippen LogP contribution in [-0.4, -0.2) is 36.7 Å². The lowest BCUT2D eigenvalue weighted by Gasteiger charge is -2.20. The number of aromatic hydroxyl groups is 1. The van der Waals surface area contributed by atoms with Gasteiger partial charge in [-0.2, -0.15) is 0 Å². The Balaban J connectivity index is 0.00000261. The van der Waals surface area contributed by atoms with Crippen LogP contribution in [0.15, 0.2) is 58.0 Å². The first-order chi connectivity index (χ1) is 12.6. The Labute approximate surface area is 186 Å². The number of benzene rings is 2. The van der Waals surface area contributed by atoms with E-state index in [1.165, 1.54) is 5.69 Å². The van der Waals surface area contributed by atoms with Gasteiger partial charge in [-0.25, -0.2) is 4.99 Å². The van der Waals surface area contributed by atoms with Crippen molar-refractivity contribution in [3.05, 3.63) is 58.6 Å². The minimum absolute atomic E-state index is 0. The van der Waals surface area contributed by atoms with Gasteiger partial charge in [0.05, 0.1) is 6.54 Å². The summed E-state index contributed by atoms with van der Waals surface area (Å²) in [5.41, 5.74) is 2.24. The molecular formula is C20H26BrIN4O. The molecule has 1 fully saturated rings. The van der Waals surface area contributed by atoms with E-state index in [9.17, 15) is 5.11 Å². The molecule has 0 amide bonds. The number of hydrogen-bond acceptors (Lipinski definition) is 3. The first kappa shape index (κ1) is 21.8. The summed E-state index contributed by atoms with van der Waals surface area (Å²) in [5.74, 6) is 1.09. The van der Waals surface area contributed by atoms with Crippen LogP contribution in [0.1, 0.15) is 18.9 Å². The maximum atomic E-state index is 9.58. The van der Waals surface area contributed by atoms with Gasteiger partial charge in [-0.15, -0.1) is 24.0 Å². The smallest absolute Gasteiger partial charge is 0.191 e. The van der Waals surface area contributed by atoms with Crippen molar-refractivity contribution in [2.75, 3.05) is 24.5 Å². The van der Waals surface area contributed by atoms with E-state index < -0.39 is 0 Å². The third kappa shape index (κ3) is 6.57. The molecule has 0 aromatic heterocycles. The van der Waals surface area contributed by atoms with Gasteiger partial charge in [-0.1, -0.05) is 28.1 Å². The number of phenols is 1. The van der Waals surface area contributed by atoms with Crippen molar-refractivity contribution in [2.45, 2.75) is 25.9 Å². The minimum atomic E-state index is 0. The fourth-order valence-electron chi connectivity index (χ4n) is 3.10. The lowest BCUT2D eigenvalue weighted by atomic mass is 10.2. The van der Waals surface area contributed by atoms with Crippen molar-refractivity contribution in [2.24, 2.45) is 4.99 Å². The first-order valence-electron chi connectivity index (χ1n) is 8.97. The van der Waals surface area contributed by atoms with Crippen molar-refractivity contribution in [1.29, 1.82) is 0 Å². The van der Waals surface area contributed by atoms with Crippen LogP contribution in [0.4, 0.5) is 5.69 Å². The average molecular weight is 545 g/mol. The van der Waals surface area contributed by atoms with Crippen molar-refractivity contribution in [3.8, 4) is 5.75 Å². The third-order valence-electron chi connectivity index (χ3n) is 4.40. The lowest BCUT2D eigenvalue weighted by Crippen LogP contribution is -2.44. The van der Waals surface area contributed by atoms with Gasteiger partial charge in [0.2, 0.25) is 0 Å². The van der Waals surface area contributed by atoms with Gasteiger partial charge in [0.25, 0.3) is 0 Å². The highest BCUT2D eigenvalue weighted by molar-refractivity contribution is 14.0. The van der Waals surface area contributed by atoms with Gasteiger partial charge in [0, 0.05) is 35.8 Å². The molecule has 5 nitrogen and oxygen atoms in total. The zero-order valence-electron chi connectivity index (χ0n) is 15.4. The fraction of sp³-hybridized carbons (Fsp3) is 0.350. The van der Waals surface area contributed by atoms with Gasteiger partial charge in [0.1, 0.15) is 5.75 Å². The average Bonchev–Trinajstić information content (AvgIpc) is 3.09. The number of nitrogens with one attached hydrogen (secondary N) is 2. The fourth-order valence-corrected chi connectivity index (χ4v) is 3.37. The van der Waals surface area contributed by atoms with Crippen molar-refractivity contribution in [1.82, 2.24) is 10.6 Å². The molecule has 3 N–H and O–H groups in total. The second kappa shape index (κ2) is 10.8. The summed E-state index contributed by atoms with van der Waals surface area (Å²) in [7, 11) is 0. The number of phenolic OH excluding ortho intramolecular Hbond substituents is 1. The predicted octanol–water partition coefficient (Wildman–Crippen LogP) is 4.11. The molecular weight excluding hydrogens is 519 g/mol. The summed E-state index contributed by atoms with van der Waals surface area (Å²) in [6.45, 7) is 5.40. The molecule has 0 aliphatic carbocycles. The molecule has 3 rings (SSSR count). The van der Waals surface area contributed by atoms with Crippen LogP contribution in [0.3, 0.4) is 0 Å². The zero-order valence-corrected chi connectivity index (χ0v) is 19.3. The largest absolute Gasteiger partial charge is 0.508 e. The van der Waals surface area contributed by atoms with Crippen LogP contribution in [-0.2, 0) is 6.54 Å². The first-order valence-corrected chi connectivity index (χ1v) is 9.76. The van der Waals surface area contributed by atoms with Gasteiger partial charge < -0.3 is 20.6 Å². The normalized spacial score (nSPS) is 16.7. The Morgan fingerprint density at radius 3 is 2.74 bits per heavy atom. The Hall–Kier alpha value is -1.48. The monoisotopic (exact) mass is 544 g/mol. The Kier molecular flexibility index (Phi) is 8.69. The van der Waals surface area contributed by atoms with Gasteiger partial charge in [-0.3, -0.25) is 0 Å². The lowest BCUT2D eigenvalue weighted by molar-refractivity contribution is 0.474. The summed E-state index contributed by atoms with van der Waals surface area (Å²) in [4.78, 5) is 7.05. The number of halogens is 2. The number of guanidine groups is 1. The minimum Gasteiger partial charge on any atom is -0.508 e. The molecule has 1 atom stereocenters. The van der Waals surface area contributed by atoms with E-state index in [0.29, 0.717) is 12.6 Å². The number of anilines is 1. The highest BCUT2D eigenvalue weighted by atomic mass is 127. The van der Waals surface area contributed by atoms with Gasteiger partial charge in [-0.05, 0) is 55.3 Å². The molecule has 27 heavy (non-hydrogen) atoms. The summed E-state index contributed by atoms with van der Waals surface area (Å²) in [6, 6.07) is 16.0. The van der Waals surface area contributed by atoms with Gasteiger partial charge in [0.15, 0.2) is 5.96 Å². The number of nitrogens with zero attached hydrogens (tertiary/aromatic N) is 2. The topological polar surface area (TPSA) is 59.9 Å². The van der Waals surface area contributed by atoms with E-state index in [-0.39, 0.29) is 29.7 Å². The maximum absolute atomic E-state index is 9.58. The summed E-state index contributed by atoms with van der Waals surface area (Å²) < 4.78 is 1.10. The van der Waals surface area contributed by atoms with Crippen molar-refractivity contribution in [3.63, 3.8) is 0 Å². The summed E-state index contributed by atoms with van der Waals surface area (Å²) >= 11 is 3.49. The molecule has 1 aliphatic heterocycles. The van der Waals surface area contributed by atoms with Crippen LogP contribution in [0.25, 0.3) is 0 Å². The summed E-state index contributed by atoms with van der Waals surface area (Å²) in [5, 5.41) is 16.4.